The summed E-state index contributed by atoms with van der Waals surface area (Å²) in [6.07, 6.45) is 0. The zero-order valence-electron chi connectivity index (χ0n) is 8.02. The molecule has 0 aliphatic rings. The molecule has 0 unspecified atom stereocenters. The molecule has 0 aromatic heterocycles. The Balaban J connectivity index is 3.06. The maximum atomic E-state index is 9.04. The molecular weight excluding hydrogens is 185 g/mol. The topological polar surface area (TPSA) is 43.7 Å². The summed E-state index contributed by atoms with van der Waals surface area (Å²) in [5.41, 5.74) is 1.99. The Labute approximate surface area is 79.5 Å². The van der Waals surface area contributed by atoms with E-state index in [0.29, 0.717) is 5.30 Å². The Bertz CT molecular complexity index is 300. The predicted octanol–water partition coefficient (Wildman–Crippen LogP) is 0.983. The fourth-order valence-electron chi connectivity index (χ4n) is 1.14. The van der Waals surface area contributed by atoms with Crippen LogP contribution in [0.1, 0.15) is 5.56 Å². The highest BCUT2D eigenvalue weighted by atomic mass is 31.2. The first-order chi connectivity index (χ1) is 6.02. The average Bonchev–Trinajstić information content (AvgIpc) is 2.03. The molecule has 0 aliphatic heterocycles. The van der Waals surface area contributed by atoms with Gasteiger partial charge in [-0.15, -0.1) is 0 Å². The Kier molecular flexibility index (Phi) is 3.26. The number of anilines is 1. The molecule has 0 atom stereocenters. The van der Waals surface area contributed by atoms with Crippen molar-refractivity contribution in [2.75, 3.05) is 19.0 Å². The highest BCUT2D eigenvalue weighted by Crippen LogP contribution is 2.25. The SMILES string of the molecule is Cc1cc(N(C)C)ccc1P(O)O. The van der Waals surface area contributed by atoms with Crippen molar-refractivity contribution in [3.05, 3.63) is 23.8 Å². The second-order valence-electron chi connectivity index (χ2n) is 3.15. The van der Waals surface area contributed by atoms with Crippen LogP contribution in [0.5, 0.6) is 0 Å². The van der Waals surface area contributed by atoms with E-state index in [4.69, 9.17) is 9.79 Å². The molecule has 3 nitrogen and oxygen atoms in total. The largest absolute Gasteiger partial charge is 0.378 e. The molecular formula is C9H14NO2P. The van der Waals surface area contributed by atoms with Crippen LogP contribution in [0.25, 0.3) is 0 Å². The molecule has 0 saturated carbocycles. The Hall–Kier alpha value is -0.630. The van der Waals surface area contributed by atoms with Gasteiger partial charge in [0.15, 0.2) is 8.38 Å². The zero-order chi connectivity index (χ0) is 10.0. The molecule has 0 fully saturated rings. The van der Waals surface area contributed by atoms with Crippen LogP contribution in [-0.4, -0.2) is 23.9 Å². The minimum absolute atomic E-state index is 0.626. The van der Waals surface area contributed by atoms with Crippen LogP contribution in [0.3, 0.4) is 0 Å². The molecule has 1 aromatic carbocycles. The van der Waals surface area contributed by atoms with Gasteiger partial charge in [-0.2, -0.15) is 0 Å². The second kappa shape index (κ2) is 4.05. The van der Waals surface area contributed by atoms with Crippen LogP contribution in [0.4, 0.5) is 5.69 Å². The summed E-state index contributed by atoms with van der Waals surface area (Å²) in [5.74, 6) is 0. The van der Waals surface area contributed by atoms with Gasteiger partial charge in [-0.3, -0.25) is 0 Å². The van der Waals surface area contributed by atoms with Gasteiger partial charge in [0.2, 0.25) is 0 Å². The van der Waals surface area contributed by atoms with Crippen molar-refractivity contribution in [1.82, 2.24) is 0 Å². The number of benzene rings is 1. The van der Waals surface area contributed by atoms with E-state index in [9.17, 15) is 0 Å². The minimum Gasteiger partial charge on any atom is -0.378 e. The molecule has 0 aliphatic carbocycles. The van der Waals surface area contributed by atoms with E-state index in [2.05, 4.69) is 0 Å². The fourth-order valence-corrected chi connectivity index (χ4v) is 1.73. The van der Waals surface area contributed by atoms with Crippen molar-refractivity contribution in [1.29, 1.82) is 0 Å². The van der Waals surface area contributed by atoms with Crippen molar-refractivity contribution < 1.29 is 9.79 Å². The number of aryl methyl sites for hydroxylation is 1. The Morgan fingerprint density at radius 3 is 2.23 bits per heavy atom. The second-order valence-corrected chi connectivity index (χ2v) is 4.22. The molecule has 2 N–H and O–H groups in total. The number of rotatable bonds is 2. The zero-order valence-corrected chi connectivity index (χ0v) is 8.92. The van der Waals surface area contributed by atoms with Crippen LogP contribution >= 0.6 is 8.38 Å². The number of nitrogens with zero attached hydrogens (tertiary/aromatic N) is 1. The third-order valence-corrected chi connectivity index (χ3v) is 2.84. The van der Waals surface area contributed by atoms with E-state index >= 15 is 0 Å². The summed E-state index contributed by atoms with van der Waals surface area (Å²) in [5, 5.41) is 0.626. The average molecular weight is 199 g/mol. The summed E-state index contributed by atoms with van der Waals surface area (Å²) in [4.78, 5) is 20.1. The molecule has 13 heavy (non-hydrogen) atoms. The predicted molar refractivity (Wildman–Crippen MR) is 56.5 cm³/mol. The van der Waals surface area contributed by atoms with Crippen LogP contribution in [-0.2, 0) is 0 Å². The lowest BCUT2D eigenvalue weighted by atomic mass is 10.2. The first-order valence-electron chi connectivity index (χ1n) is 3.98. The lowest BCUT2D eigenvalue weighted by molar-refractivity contribution is 0.496. The first kappa shape index (κ1) is 10.5. The van der Waals surface area contributed by atoms with Crippen molar-refractivity contribution >= 4 is 19.4 Å². The third kappa shape index (κ3) is 2.41. The van der Waals surface area contributed by atoms with Crippen molar-refractivity contribution in [2.45, 2.75) is 6.92 Å². The summed E-state index contributed by atoms with van der Waals surface area (Å²) in [6.45, 7) is 1.88. The quantitative estimate of drug-likeness (QED) is 0.698. The molecule has 0 bridgehead atoms. The van der Waals surface area contributed by atoms with E-state index in [1.54, 1.807) is 6.07 Å². The lowest BCUT2D eigenvalue weighted by Gasteiger charge is -2.15. The van der Waals surface area contributed by atoms with Gasteiger partial charge >= 0.3 is 0 Å². The number of hydrogen-bond donors (Lipinski definition) is 2. The van der Waals surface area contributed by atoms with Gasteiger partial charge in [0.05, 0.1) is 0 Å². The molecule has 0 radical (unpaired) electrons. The van der Waals surface area contributed by atoms with E-state index < -0.39 is 8.38 Å². The molecule has 4 heteroatoms. The van der Waals surface area contributed by atoms with E-state index in [1.807, 2.05) is 38.1 Å². The van der Waals surface area contributed by atoms with Gasteiger partial charge in [0, 0.05) is 25.1 Å². The van der Waals surface area contributed by atoms with E-state index in [0.717, 1.165) is 11.3 Å². The third-order valence-electron chi connectivity index (χ3n) is 1.91. The lowest BCUT2D eigenvalue weighted by Crippen LogP contribution is -2.12. The molecule has 72 valence electrons. The molecule has 0 heterocycles. The van der Waals surface area contributed by atoms with Gasteiger partial charge in [-0.1, -0.05) is 0 Å². The maximum absolute atomic E-state index is 9.04. The van der Waals surface area contributed by atoms with Crippen molar-refractivity contribution in [2.24, 2.45) is 0 Å². The molecule has 0 spiro atoms. The first-order valence-corrected chi connectivity index (χ1v) is 5.23. The highest BCUT2D eigenvalue weighted by molar-refractivity contribution is 7.54. The maximum Gasteiger partial charge on any atom is 0.199 e. The summed E-state index contributed by atoms with van der Waals surface area (Å²) in [6, 6.07) is 5.58. The molecule has 1 rings (SSSR count). The van der Waals surface area contributed by atoms with Gasteiger partial charge in [-0.05, 0) is 30.7 Å². The summed E-state index contributed by atoms with van der Waals surface area (Å²) < 4.78 is 0. The highest BCUT2D eigenvalue weighted by Gasteiger charge is 2.08. The normalized spacial score (nSPS) is 10.6. The number of hydrogen-bond acceptors (Lipinski definition) is 3. The summed E-state index contributed by atoms with van der Waals surface area (Å²) >= 11 is 0. The van der Waals surface area contributed by atoms with Gasteiger partial charge in [0.1, 0.15) is 0 Å². The van der Waals surface area contributed by atoms with Crippen molar-refractivity contribution in [3.63, 3.8) is 0 Å². The van der Waals surface area contributed by atoms with Crippen LogP contribution in [0, 0.1) is 6.92 Å². The van der Waals surface area contributed by atoms with Crippen LogP contribution in [0.15, 0.2) is 18.2 Å². The molecule has 1 aromatic rings. The van der Waals surface area contributed by atoms with E-state index in [-0.39, 0.29) is 0 Å². The van der Waals surface area contributed by atoms with Gasteiger partial charge in [0.25, 0.3) is 0 Å². The monoisotopic (exact) mass is 199 g/mol. The Morgan fingerprint density at radius 1 is 1.23 bits per heavy atom. The Morgan fingerprint density at radius 2 is 1.85 bits per heavy atom. The van der Waals surface area contributed by atoms with Crippen LogP contribution < -0.4 is 10.2 Å². The van der Waals surface area contributed by atoms with Crippen molar-refractivity contribution in [3.8, 4) is 0 Å². The minimum atomic E-state index is -1.97. The molecule has 0 saturated heterocycles. The smallest absolute Gasteiger partial charge is 0.199 e. The fraction of sp³-hybridized carbons (Fsp3) is 0.333. The van der Waals surface area contributed by atoms with Gasteiger partial charge < -0.3 is 14.7 Å². The molecule has 0 amide bonds. The summed E-state index contributed by atoms with van der Waals surface area (Å²) in [7, 11) is 1.94. The van der Waals surface area contributed by atoms with E-state index in [1.165, 1.54) is 0 Å². The standard InChI is InChI=1S/C9H14NO2P/c1-7-6-8(10(2)3)4-5-9(7)13(11)12/h4-6,11-12H,1-3H3. The van der Waals surface area contributed by atoms with Gasteiger partial charge in [-0.25, -0.2) is 0 Å². The van der Waals surface area contributed by atoms with Crippen LogP contribution in [0.2, 0.25) is 0 Å².